The topological polar surface area (TPSA) is 95.5 Å². The summed E-state index contributed by atoms with van der Waals surface area (Å²) in [6.45, 7) is 7.67. The minimum atomic E-state index is -1.04. The van der Waals surface area contributed by atoms with Gasteiger partial charge in [-0.25, -0.2) is 4.79 Å². The lowest BCUT2D eigenvalue weighted by molar-refractivity contribution is -0.142. The molecule has 1 aliphatic carbocycles. The second kappa shape index (κ2) is 8.31. The number of aliphatic carboxylic acids is 1. The van der Waals surface area contributed by atoms with Gasteiger partial charge in [-0.05, 0) is 38.0 Å². The molecule has 1 rings (SSSR count). The smallest absolute Gasteiger partial charge is 0.326 e. The number of rotatable bonds is 7. The predicted octanol–water partition coefficient (Wildman–Crippen LogP) is 2.08. The summed E-state index contributed by atoms with van der Waals surface area (Å²) in [5.41, 5.74) is 0.000727. The van der Waals surface area contributed by atoms with Gasteiger partial charge in [-0.1, -0.05) is 33.6 Å². The Hall–Kier alpha value is -1.59. The molecule has 2 unspecified atom stereocenters. The number of hydrogen-bond acceptors (Lipinski definition) is 3. The van der Waals surface area contributed by atoms with Gasteiger partial charge in [-0.2, -0.15) is 0 Å². The molecule has 0 spiro atoms. The third-order valence-electron chi connectivity index (χ3n) is 4.28. The Balaban J connectivity index is 2.49. The highest BCUT2D eigenvalue weighted by Crippen LogP contribution is 2.25. The number of carbonyl (C=O) groups excluding carboxylic acids is 2. The van der Waals surface area contributed by atoms with Crippen LogP contribution in [0.25, 0.3) is 0 Å². The molecule has 0 aliphatic heterocycles. The van der Waals surface area contributed by atoms with E-state index in [-0.39, 0.29) is 17.2 Å². The van der Waals surface area contributed by atoms with Crippen molar-refractivity contribution >= 4 is 17.8 Å². The quantitative estimate of drug-likeness (QED) is 0.667. The van der Waals surface area contributed by atoms with Crippen LogP contribution in [0.1, 0.15) is 66.2 Å². The van der Waals surface area contributed by atoms with E-state index in [1.165, 1.54) is 0 Å². The van der Waals surface area contributed by atoms with E-state index in [2.05, 4.69) is 10.6 Å². The zero-order chi connectivity index (χ0) is 17.6. The highest BCUT2D eigenvalue weighted by molar-refractivity contribution is 5.90. The van der Waals surface area contributed by atoms with Crippen molar-refractivity contribution in [2.75, 3.05) is 0 Å². The number of nitrogens with one attached hydrogen (secondary N) is 2. The van der Waals surface area contributed by atoms with Crippen LogP contribution >= 0.6 is 0 Å². The number of carboxylic acid groups (broad SMARTS) is 1. The second-order valence-corrected chi connectivity index (χ2v) is 7.71. The molecule has 6 nitrogen and oxygen atoms in total. The van der Waals surface area contributed by atoms with E-state index in [1.807, 2.05) is 20.8 Å². The predicted molar refractivity (Wildman–Crippen MR) is 87.8 cm³/mol. The molecule has 2 amide bonds. The molecule has 0 bridgehead atoms. The summed E-state index contributed by atoms with van der Waals surface area (Å²) in [4.78, 5) is 35.5. The molecule has 0 saturated heterocycles. The fourth-order valence-corrected chi connectivity index (χ4v) is 2.72. The Morgan fingerprint density at radius 1 is 1.13 bits per heavy atom. The molecular weight excluding hydrogens is 296 g/mol. The van der Waals surface area contributed by atoms with Crippen LogP contribution in [0, 0.1) is 11.3 Å². The first-order valence-electron chi connectivity index (χ1n) is 8.44. The van der Waals surface area contributed by atoms with Crippen molar-refractivity contribution in [2.24, 2.45) is 11.3 Å². The van der Waals surface area contributed by atoms with Gasteiger partial charge in [-0.3, -0.25) is 9.59 Å². The fraction of sp³-hybridized carbons (Fsp3) is 0.824. The second-order valence-electron chi connectivity index (χ2n) is 7.71. The first-order chi connectivity index (χ1) is 10.6. The average molecular weight is 326 g/mol. The molecule has 3 N–H and O–H groups in total. The first-order valence-corrected chi connectivity index (χ1v) is 8.44. The van der Waals surface area contributed by atoms with Crippen LogP contribution in [0.4, 0.5) is 0 Å². The van der Waals surface area contributed by atoms with E-state index in [0.717, 1.165) is 25.7 Å². The number of hydrogen-bond donors (Lipinski definition) is 3. The minimum Gasteiger partial charge on any atom is -0.480 e. The van der Waals surface area contributed by atoms with Crippen molar-refractivity contribution in [3.63, 3.8) is 0 Å². The van der Waals surface area contributed by atoms with Crippen LogP contribution in [0.2, 0.25) is 0 Å². The monoisotopic (exact) mass is 326 g/mol. The summed E-state index contributed by atoms with van der Waals surface area (Å²) >= 11 is 0. The highest BCUT2D eigenvalue weighted by Gasteiger charge is 2.28. The zero-order valence-corrected chi connectivity index (χ0v) is 14.6. The Morgan fingerprint density at radius 2 is 1.70 bits per heavy atom. The number of carbonyl (C=O) groups is 3. The molecule has 132 valence electrons. The van der Waals surface area contributed by atoms with Crippen LogP contribution in [0.5, 0.6) is 0 Å². The van der Waals surface area contributed by atoms with Gasteiger partial charge in [0.25, 0.3) is 0 Å². The van der Waals surface area contributed by atoms with E-state index in [4.69, 9.17) is 0 Å². The molecular formula is C17H30N2O4. The van der Waals surface area contributed by atoms with Crippen molar-refractivity contribution in [1.29, 1.82) is 0 Å². The van der Waals surface area contributed by atoms with Gasteiger partial charge in [0.1, 0.15) is 12.1 Å². The molecule has 1 saturated carbocycles. The summed E-state index contributed by atoms with van der Waals surface area (Å²) < 4.78 is 0. The maximum Gasteiger partial charge on any atom is 0.326 e. The first kappa shape index (κ1) is 19.5. The highest BCUT2D eigenvalue weighted by atomic mass is 16.4. The molecule has 2 atom stereocenters. The zero-order valence-electron chi connectivity index (χ0n) is 14.6. The summed E-state index contributed by atoms with van der Waals surface area (Å²) in [7, 11) is 0. The van der Waals surface area contributed by atoms with Gasteiger partial charge in [0.15, 0.2) is 0 Å². The fourth-order valence-electron chi connectivity index (χ4n) is 2.72. The lowest BCUT2D eigenvalue weighted by Gasteiger charge is -2.23. The molecule has 23 heavy (non-hydrogen) atoms. The summed E-state index contributed by atoms with van der Waals surface area (Å²) in [6.07, 6.45) is 4.88. The molecule has 0 radical (unpaired) electrons. The van der Waals surface area contributed by atoms with Gasteiger partial charge in [-0.15, -0.1) is 0 Å². The Bertz CT molecular complexity index is 436. The van der Waals surface area contributed by atoms with E-state index in [9.17, 15) is 19.5 Å². The van der Waals surface area contributed by atoms with Crippen LogP contribution in [0.15, 0.2) is 0 Å². The normalized spacial score (nSPS) is 18.3. The average Bonchev–Trinajstić information content (AvgIpc) is 2.95. The summed E-state index contributed by atoms with van der Waals surface area (Å²) in [6, 6.07) is -1.65. The lowest BCUT2D eigenvalue weighted by atomic mass is 9.88. The summed E-state index contributed by atoms with van der Waals surface area (Å²) in [5.74, 6) is -1.61. The van der Waals surface area contributed by atoms with Crippen LogP contribution in [-0.4, -0.2) is 35.0 Å². The largest absolute Gasteiger partial charge is 0.480 e. The maximum atomic E-state index is 12.1. The van der Waals surface area contributed by atoms with Crippen LogP contribution in [0.3, 0.4) is 0 Å². The molecule has 0 aromatic heterocycles. The molecule has 0 heterocycles. The van der Waals surface area contributed by atoms with Crippen molar-refractivity contribution in [3.05, 3.63) is 0 Å². The standard InChI is InChI=1S/C17H30N2O4/c1-11(18-15(21)12-7-5-6-8-12)14(20)19-13(16(22)23)9-10-17(2,3)4/h11-13H,5-10H2,1-4H3,(H,18,21)(H,19,20)(H,22,23). The summed E-state index contributed by atoms with van der Waals surface area (Å²) in [5, 5.41) is 14.5. The Morgan fingerprint density at radius 3 is 2.17 bits per heavy atom. The van der Waals surface area contributed by atoms with E-state index < -0.39 is 24.0 Å². The van der Waals surface area contributed by atoms with E-state index >= 15 is 0 Å². The number of amides is 2. The van der Waals surface area contributed by atoms with Gasteiger partial charge in [0, 0.05) is 5.92 Å². The third-order valence-corrected chi connectivity index (χ3v) is 4.28. The van der Waals surface area contributed by atoms with Crippen molar-refractivity contribution in [3.8, 4) is 0 Å². The van der Waals surface area contributed by atoms with Gasteiger partial charge >= 0.3 is 5.97 Å². The molecule has 0 aromatic carbocycles. The number of carboxylic acids is 1. The van der Waals surface area contributed by atoms with E-state index in [0.29, 0.717) is 12.8 Å². The van der Waals surface area contributed by atoms with Crippen LogP contribution < -0.4 is 10.6 Å². The third kappa shape index (κ3) is 7.01. The molecule has 1 aliphatic rings. The maximum absolute atomic E-state index is 12.1. The van der Waals surface area contributed by atoms with Crippen molar-refractivity contribution in [1.82, 2.24) is 10.6 Å². The van der Waals surface area contributed by atoms with Crippen molar-refractivity contribution < 1.29 is 19.5 Å². The van der Waals surface area contributed by atoms with Crippen molar-refractivity contribution in [2.45, 2.75) is 78.3 Å². The van der Waals surface area contributed by atoms with Crippen LogP contribution in [-0.2, 0) is 14.4 Å². The van der Waals surface area contributed by atoms with Gasteiger partial charge in [0.2, 0.25) is 11.8 Å². The molecule has 1 fully saturated rings. The van der Waals surface area contributed by atoms with E-state index in [1.54, 1.807) is 6.92 Å². The molecule has 0 aromatic rings. The molecule has 6 heteroatoms. The SMILES string of the molecule is CC(NC(=O)C1CCCC1)C(=O)NC(CCC(C)(C)C)C(=O)O. The minimum absolute atomic E-state index is 0.000727. The van der Waals surface area contributed by atoms with Gasteiger partial charge < -0.3 is 15.7 Å². The Labute approximate surface area is 138 Å². The van der Waals surface area contributed by atoms with Gasteiger partial charge in [0.05, 0.1) is 0 Å². The Kier molecular flexibility index (Phi) is 7.03. The lowest BCUT2D eigenvalue weighted by Crippen LogP contribution is -2.51.